The maximum Gasteiger partial charge on any atom is 0.481 e. The van der Waals surface area contributed by atoms with Crippen molar-refractivity contribution in [3.8, 4) is 0 Å². The van der Waals surface area contributed by atoms with Crippen molar-refractivity contribution in [1.29, 1.82) is 0 Å². The van der Waals surface area contributed by atoms with E-state index in [0.29, 0.717) is 31.2 Å². The summed E-state index contributed by atoms with van der Waals surface area (Å²) in [5, 5.41) is 17.1. The van der Waals surface area contributed by atoms with E-state index in [0.717, 1.165) is 12.8 Å². The Labute approximate surface area is 277 Å². The third-order valence-electron chi connectivity index (χ3n) is 11.2. The first kappa shape index (κ1) is 34.9. The van der Waals surface area contributed by atoms with Crippen LogP contribution in [0.1, 0.15) is 94.9 Å². The van der Waals surface area contributed by atoms with Gasteiger partial charge >= 0.3 is 13.1 Å². The van der Waals surface area contributed by atoms with E-state index < -0.39 is 55.1 Å². The molecule has 2 saturated heterocycles. The van der Waals surface area contributed by atoms with Crippen molar-refractivity contribution in [3.63, 3.8) is 0 Å². The number of likely N-dealkylation sites (tertiary alicyclic amines) is 1. The van der Waals surface area contributed by atoms with E-state index in [1.54, 1.807) is 4.90 Å². The Kier molecular flexibility index (Phi) is 9.81. The highest BCUT2D eigenvalue weighted by molar-refractivity contribution is 6.48. The minimum Gasteiger partial charge on any atom is -0.480 e. The van der Waals surface area contributed by atoms with Crippen molar-refractivity contribution in [3.05, 3.63) is 35.4 Å². The normalized spacial score (nSPS) is 28.7. The van der Waals surface area contributed by atoms with Gasteiger partial charge in [-0.3, -0.25) is 24.0 Å². The Balaban J connectivity index is 1.23. The van der Waals surface area contributed by atoms with Gasteiger partial charge in [-0.2, -0.15) is 0 Å². The predicted molar refractivity (Wildman–Crippen MR) is 174 cm³/mol. The first-order valence-electron chi connectivity index (χ1n) is 16.9. The van der Waals surface area contributed by atoms with Gasteiger partial charge in [-0.1, -0.05) is 41.5 Å². The molecular weight excluding hydrogens is 603 g/mol. The Hall–Kier alpha value is -3.45. The highest BCUT2D eigenvalue weighted by Crippen LogP contribution is 2.65. The topological polar surface area (TPSA) is 163 Å². The maximum atomic E-state index is 13.9. The fraction of sp³-hybridized carbons (Fsp3) is 0.676. The van der Waals surface area contributed by atoms with Gasteiger partial charge in [0.1, 0.15) is 18.6 Å². The molecule has 0 radical (unpaired) electrons. The molecule has 256 valence electrons. The Morgan fingerprint density at radius 1 is 0.957 bits per heavy atom. The standard InChI is InChI=1S/C34H49BN4O8/c1-18(2)27(37-30(43)21-12-10-20(11-13-21)29(42)36-17-26(40)41)32(45)39-14-8-9-23(39)31(44)38-28(19(3)4)35-46-25-16-22-15-24(33(22,5)6)34(25,7)47-35/h10-13,18-19,22-25,27-28H,8-9,14-17H2,1-7H3,(H,36,42)(H,37,43)(H,38,44)(H,40,41)/t22-,23-,24-,25+,27-,28-,34-/m0/s1. The molecule has 4 amide bonds. The van der Waals surface area contributed by atoms with Gasteiger partial charge in [0.15, 0.2) is 0 Å². The number of hydrogen-bond donors (Lipinski definition) is 4. The van der Waals surface area contributed by atoms with Crippen molar-refractivity contribution in [1.82, 2.24) is 20.9 Å². The Bertz CT molecular complexity index is 1400. The lowest BCUT2D eigenvalue weighted by atomic mass is 9.43. The third kappa shape index (κ3) is 6.65. The maximum absolute atomic E-state index is 13.9. The van der Waals surface area contributed by atoms with Crippen molar-refractivity contribution < 1.29 is 38.4 Å². The summed E-state index contributed by atoms with van der Waals surface area (Å²) in [6.45, 7) is 14.4. The summed E-state index contributed by atoms with van der Waals surface area (Å²) < 4.78 is 13.2. The highest BCUT2D eigenvalue weighted by Gasteiger charge is 2.68. The first-order chi connectivity index (χ1) is 22.0. The monoisotopic (exact) mass is 652 g/mol. The second-order valence-corrected chi connectivity index (χ2v) is 15.2. The van der Waals surface area contributed by atoms with Gasteiger partial charge in [-0.05, 0) is 86.0 Å². The van der Waals surface area contributed by atoms with Gasteiger partial charge < -0.3 is 35.3 Å². The van der Waals surface area contributed by atoms with Crippen molar-refractivity contribution >= 4 is 36.7 Å². The predicted octanol–water partition coefficient (Wildman–Crippen LogP) is 2.65. The molecule has 1 aromatic carbocycles. The van der Waals surface area contributed by atoms with E-state index in [1.807, 2.05) is 27.7 Å². The van der Waals surface area contributed by atoms with E-state index in [1.165, 1.54) is 24.3 Å². The second-order valence-electron chi connectivity index (χ2n) is 15.2. The number of nitrogens with zero attached hydrogens (tertiary/aromatic N) is 1. The molecule has 2 aliphatic heterocycles. The second kappa shape index (κ2) is 13.2. The van der Waals surface area contributed by atoms with Gasteiger partial charge in [0.25, 0.3) is 11.8 Å². The smallest absolute Gasteiger partial charge is 0.480 e. The molecule has 0 unspecified atom stereocenters. The van der Waals surface area contributed by atoms with Crippen LogP contribution in [-0.4, -0.2) is 89.5 Å². The summed E-state index contributed by atoms with van der Waals surface area (Å²) in [6, 6.07) is 4.16. The summed E-state index contributed by atoms with van der Waals surface area (Å²) in [7, 11) is -0.577. The van der Waals surface area contributed by atoms with E-state index >= 15 is 0 Å². The SMILES string of the molecule is CC(C)[C@H](NC(=O)[C@@H]1CCCN1C(=O)[C@@H](NC(=O)c1ccc(C(=O)NCC(=O)O)cc1)C(C)C)B1O[C@@H]2C[C@@H]3C[C@@H](C3(C)C)[C@]2(C)O1. The summed E-state index contributed by atoms with van der Waals surface area (Å²) >= 11 is 0. The fourth-order valence-electron chi connectivity index (χ4n) is 8.11. The number of carbonyl (C=O) groups excluding carboxylic acids is 4. The van der Waals surface area contributed by atoms with Crippen LogP contribution >= 0.6 is 0 Å². The molecule has 1 aromatic rings. The van der Waals surface area contributed by atoms with Crippen molar-refractivity contribution in [2.75, 3.05) is 13.1 Å². The van der Waals surface area contributed by atoms with E-state index in [4.69, 9.17) is 14.4 Å². The number of aliphatic carboxylic acids is 1. The number of benzene rings is 1. The van der Waals surface area contributed by atoms with Crippen LogP contribution in [0.15, 0.2) is 24.3 Å². The molecule has 7 atom stereocenters. The molecule has 13 heteroatoms. The average Bonchev–Trinajstić information content (AvgIpc) is 3.65. The molecule has 2 bridgehead atoms. The number of carboxylic acid groups (broad SMARTS) is 1. The number of nitrogens with one attached hydrogen (secondary N) is 3. The molecule has 0 spiro atoms. The molecule has 3 saturated carbocycles. The number of rotatable bonds is 11. The van der Waals surface area contributed by atoms with Gasteiger partial charge in [0, 0.05) is 17.7 Å². The van der Waals surface area contributed by atoms with Crippen LogP contribution in [0, 0.1) is 29.1 Å². The largest absolute Gasteiger partial charge is 0.481 e. The van der Waals surface area contributed by atoms with Gasteiger partial charge in [-0.25, -0.2) is 0 Å². The molecule has 2 heterocycles. The van der Waals surface area contributed by atoms with Crippen LogP contribution < -0.4 is 16.0 Å². The molecular formula is C34H49BN4O8. The lowest BCUT2D eigenvalue weighted by Gasteiger charge is -2.64. The molecule has 5 fully saturated rings. The molecule has 4 N–H and O–H groups in total. The van der Waals surface area contributed by atoms with Crippen molar-refractivity contribution in [2.24, 2.45) is 29.1 Å². The van der Waals surface area contributed by atoms with E-state index in [9.17, 15) is 24.0 Å². The van der Waals surface area contributed by atoms with E-state index in [-0.39, 0.29) is 46.3 Å². The number of amides is 4. The van der Waals surface area contributed by atoms with Gasteiger partial charge in [-0.15, -0.1) is 0 Å². The summed E-state index contributed by atoms with van der Waals surface area (Å²) in [5.74, 6) is -2.43. The fourth-order valence-corrected chi connectivity index (χ4v) is 8.11. The van der Waals surface area contributed by atoms with Crippen LogP contribution in [0.4, 0.5) is 0 Å². The zero-order valence-corrected chi connectivity index (χ0v) is 28.5. The third-order valence-corrected chi connectivity index (χ3v) is 11.2. The summed E-state index contributed by atoms with van der Waals surface area (Å²) in [5.41, 5.74) is 0.245. The summed E-state index contributed by atoms with van der Waals surface area (Å²) in [6.07, 6.45) is 3.26. The number of hydrogen-bond acceptors (Lipinski definition) is 7. The van der Waals surface area contributed by atoms with E-state index in [2.05, 4.69) is 36.7 Å². The molecule has 5 aliphatic rings. The highest BCUT2D eigenvalue weighted by atomic mass is 16.7. The van der Waals surface area contributed by atoms with Crippen LogP contribution in [0.25, 0.3) is 0 Å². The molecule has 0 aromatic heterocycles. The molecule has 3 aliphatic carbocycles. The van der Waals surface area contributed by atoms with Crippen LogP contribution in [0.2, 0.25) is 0 Å². The average molecular weight is 653 g/mol. The van der Waals surface area contributed by atoms with Crippen LogP contribution in [0.3, 0.4) is 0 Å². The lowest BCUT2D eigenvalue weighted by molar-refractivity contribution is -0.199. The Morgan fingerprint density at radius 2 is 1.60 bits per heavy atom. The minimum atomic E-state index is -1.17. The van der Waals surface area contributed by atoms with Crippen LogP contribution in [-0.2, 0) is 23.7 Å². The minimum absolute atomic E-state index is 0.00677. The van der Waals surface area contributed by atoms with Crippen LogP contribution in [0.5, 0.6) is 0 Å². The van der Waals surface area contributed by atoms with Gasteiger partial charge in [0.2, 0.25) is 11.8 Å². The summed E-state index contributed by atoms with van der Waals surface area (Å²) in [4.78, 5) is 65.4. The molecule has 6 rings (SSSR count). The van der Waals surface area contributed by atoms with Gasteiger partial charge in [0.05, 0.1) is 17.6 Å². The first-order valence-corrected chi connectivity index (χ1v) is 16.9. The molecule has 47 heavy (non-hydrogen) atoms. The number of carboxylic acids is 1. The Morgan fingerprint density at radius 3 is 2.17 bits per heavy atom. The lowest BCUT2D eigenvalue weighted by Crippen LogP contribution is -2.65. The zero-order chi connectivity index (χ0) is 34.4. The quantitative estimate of drug-likeness (QED) is 0.265. The van der Waals surface area contributed by atoms with Crippen molar-refractivity contribution in [2.45, 2.75) is 104 Å². The number of carbonyl (C=O) groups is 5. The molecule has 12 nitrogen and oxygen atoms in total. The zero-order valence-electron chi connectivity index (χ0n) is 28.5.